The number of carbonyl (C=O) groups is 1. The van der Waals surface area contributed by atoms with Gasteiger partial charge < -0.3 is 0 Å². The van der Waals surface area contributed by atoms with Crippen molar-refractivity contribution in [3.63, 3.8) is 0 Å². The number of Topliss-reactive ketones (excluding diaryl/α,β-unsaturated/α-hetero) is 1. The van der Waals surface area contributed by atoms with Crippen molar-refractivity contribution < 1.29 is 13.6 Å². The van der Waals surface area contributed by atoms with Crippen LogP contribution in [0.25, 0.3) is 0 Å². The molecular weight excluding hydrogens is 246 g/mol. The minimum atomic E-state index is -0.728. The molecule has 0 saturated heterocycles. The molecule has 2 atom stereocenters. The highest BCUT2D eigenvalue weighted by molar-refractivity contribution is 5.98. The molecule has 1 aliphatic rings. The third-order valence-electron chi connectivity index (χ3n) is 4.30. The normalized spacial score (nSPS) is 23.4. The molecule has 3 heteroatoms. The van der Waals surface area contributed by atoms with E-state index in [0.29, 0.717) is 5.56 Å². The molecule has 0 bridgehead atoms. The number of halogens is 2. The molecule has 0 amide bonds. The first kappa shape index (κ1) is 14.2. The van der Waals surface area contributed by atoms with E-state index in [1.54, 1.807) is 6.92 Å². The number of rotatable bonds is 3. The van der Waals surface area contributed by atoms with Crippen molar-refractivity contribution in [2.75, 3.05) is 0 Å². The standard InChI is InChI=1S/C16H20F2O/c1-3-11-6-4-5-7-12(11)16(19)14-13(17)9-8-10(2)15(14)18/h8-9,11-12H,3-7H2,1-2H3. The van der Waals surface area contributed by atoms with Gasteiger partial charge in [0, 0.05) is 5.92 Å². The summed E-state index contributed by atoms with van der Waals surface area (Å²) < 4.78 is 27.8. The van der Waals surface area contributed by atoms with E-state index in [1.165, 1.54) is 12.1 Å². The van der Waals surface area contributed by atoms with Gasteiger partial charge in [0.15, 0.2) is 5.78 Å². The molecule has 1 fully saturated rings. The Morgan fingerprint density at radius 3 is 2.63 bits per heavy atom. The lowest BCUT2D eigenvalue weighted by atomic mass is 9.74. The molecule has 0 aliphatic heterocycles. The number of aryl methyl sites for hydroxylation is 1. The van der Waals surface area contributed by atoms with Crippen LogP contribution >= 0.6 is 0 Å². The summed E-state index contributed by atoms with van der Waals surface area (Å²) >= 11 is 0. The highest BCUT2D eigenvalue weighted by Crippen LogP contribution is 2.35. The van der Waals surface area contributed by atoms with Gasteiger partial charge in [-0.25, -0.2) is 8.78 Å². The van der Waals surface area contributed by atoms with E-state index in [0.717, 1.165) is 32.1 Å². The minimum Gasteiger partial charge on any atom is -0.294 e. The van der Waals surface area contributed by atoms with E-state index in [2.05, 4.69) is 0 Å². The van der Waals surface area contributed by atoms with Crippen molar-refractivity contribution in [1.29, 1.82) is 0 Å². The van der Waals surface area contributed by atoms with Crippen molar-refractivity contribution in [2.24, 2.45) is 11.8 Å². The Balaban J connectivity index is 2.36. The maximum absolute atomic E-state index is 14.0. The second kappa shape index (κ2) is 5.81. The van der Waals surface area contributed by atoms with Crippen LogP contribution < -0.4 is 0 Å². The SMILES string of the molecule is CCC1CCCCC1C(=O)c1c(F)ccc(C)c1F. The summed E-state index contributed by atoms with van der Waals surface area (Å²) in [5.41, 5.74) is -0.000965. The van der Waals surface area contributed by atoms with E-state index in [9.17, 15) is 13.6 Å². The average Bonchev–Trinajstić information content (AvgIpc) is 2.43. The van der Waals surface area contributed by atoms with Gasteiger partial charge in [0.25, 0.3) is 0 Å². The van der Waals surface area contributed by atoms with Crippen LogP contribution in [0.4, 0.5) is 8.78 Å². The zero-order valence-corrected chi connectivity index (χ0v) is 11.5. The molecule has 19 heavy (non-hydrogen) atoms. The Kier molecular flexibility index (Phi) is 4.33. The first-order valence-electron chi connectivity index (χ1n) is 7.05. The zero-order chi connectivity index (χ0) is 14.0. The molecule has 0 aromatic heterocycles. The first-order valence-corrected chi connectivity index (χ1v) is 7.05. The Bertz CT molecular complexity index is 482. The largest absolute Gasteiger partial charge is 0.294 e. The van der Waals surface area contributed by atoms with E-state index >= 15 is 0 Å². The lowest BCUT2D eigenvalue weighted by molar-refractivity contribution is 0.0811. The molecule has 0 N–H and O–H groups in total. The first-order chi connectivity index (χ1) is 9.06. The van der Waals surface area contributed by atoms with Gasteiger partial charge in [-0.1, -0.05) is 32.3 Å². The van der Waals surface area contributed by atoms with Crippen LogP contribution in [0.5, 0.6) is 0 Å². The smallest absolute Gasteiger partial charge is 0.172 e. The predicted molar refractivity (Wildman–Crippen MR) is 71.2 cm³/mol. The third kappa shape index (κ3) is 2.70. The van der Waals surface area contributed by atoms with Crippen LogP contribution in [-0.2, 0) is 0 Å². The summed E-state index contributed by atoms with van der Waals surface area (Å²) in [5.74, 6) is -1.71. The van der Waals surface area contributed by atoms with E-state index in [4.69, 9.17) is 0 Å². The van der Waals surface area contributed by atoms with E-state index in [-0.39, 0.29) is 23.2 Å². The molecule has 0 radical (unpaired) electrons. The van der Waals surface area contributed by atoms with Gasteiger partial charge in [-0.05, 0) is 37.3 Å². The molecule has 2 rings (SSSR count). The molecule has 1 aliphatic carbocycles. The number of ketones is 1. The highest BCUT2D eigenvalue weighted by Gasteiger charge is 2.33. The number of hydrogen-bond donors (Lipinski definition) is 0. The van der Waals surface area contributed by atoms with Gasteiger partial charge >= 0.3 is 0 Å². The van der Waals surface area contributed by atoms with Crippen molar-refractivity contribution in [3.05, 3.63) is 34.9 Å². The summed E-state index contributed by atoms with van der Waals surface area (Å²) in [5, 5.41) is 0. The molecule has 1 aromatic carbocycles. The summed E-state index contributed by atoms with van der Waals surface area (Å²) in [6.07, 6.45) is 4.72. The van der Waals surface area contributed by atoms with E-state index in [1.807, 2.05) is 6.92 Å². The average molecular weight is 266 g/mol. The van der Waals surface area contributed by atoms with Gasteiger partial charge in [-0.2, -0.15) is 0 Å². The molecule has 0 heterocycles. The Morgan fingerprint density at radius 2 is 1.95 bits per heavy atom. The lowest BCUT2D eigenvalue weighted by Gasteiger charge is -2.29. The summed E-state index contributed by atoms with van der Waals surface area (Å²) in [4.78, 5) is 12.5. The predicted octanol–water partition coefficient (Wildman–Crippen LogP) is 4.67. The second-order valence-electron chi connectivity index (χ2n) is 5.48. The molecular formula is C16H20F2O. The monoisotopic (exact) mass is 266 g/mol. The maximum atomic E-state index is 14.0. The van der Waals surface area contributed by atoms with E-state index < -0.39 is 11.6 Å². The van der Waals surface area contributed by atoms with Crippen LogP contribution in [-0.4, -0.2) is 5.78 Å². The Morgan fingerprint density at radius 1 is 1.26 bits per heavy atom. The van der Waals surface area contributed by atoms with Crippen molar-refractivity contribution in [2.45, 2.75) is 46.0 Å². The van der Waals surface area contributed by atoms with Crippen LogP contribution in [0.1, 0.15) is 54.9 Å². The van der Waals surface area contributed by atoms with Gasteiger partial charge in [0.1, 0.15) is 11.6 Å². The second-order valence-corrected chi connectivity index (χ2v) is 5.48. The Hall–Kier alpha value is -1.25. The van der Waals surface area contributed by atoms with Gasteiger partial charge in [0.2, 0.25) is 0 Å². The number of benzene rings is 1. The summed E-state index contributed by atoms with van der Waals surface area (Å²) in [7, 11) is 0. The molecule has 0 spiro atoms. The molecule has 1 nitrogen and oxygen atoms in total. The molecule has 1 saturated carbocycles. The van der Waals surface area contributed by atoms with Gasteiger partial charge in [-0.15, -0.1) is 0 Å². The van der Waals surface area contributed by atoms with Gasteiger partial charge in [0.05, 0.1) is 5.56 Å². The fraction of sp³-hybridized carbons (Fsp3) is 0.562. The van der Waals surface area contributed by atoms with Crippen molar-refractivity contribution in [3.8, 4) is 0 Å². The van der Waals surface area contributed by atoms with Gasteiger partial charge in [-0.3, -0.25) is 4.79 Å². The molecule has 1 aromatic rings. The number of carbonyl (C=O) groups excluding carboxylic acids is 1. The minimum absolute atomic E-state index is 0.218. The maximum Gasteiger partial charge on any atom is 0.172 e. The van der Waals surface area contributed by atoms with Crippen LogP contribution in [0.15, 0.2) is 12.1 Å². The Labute approximate surface area is 113 Å². The fourth-order valence-electron chi connectivity index (χ4n) is 3.11. The summed E-state index contributed by atoms with van der Waals surface area (Å²) in [6.45, 7) is 3.60. The fourth-order valence-corrected chi connectivity index (χ4v) is 3.11. The topological polar surface area (TPSA) is 17.1 Å². The molecule has 2 unspecified atom stereocenters. The number of hydrogen-bond acceptors (Lipinski definition) is 1. The molecule has 104 valence electrons. The zero-order valence-electron chi connectivity index (χ0n) is 11.5. The van der Waals surface area contributed by atoms with Crippen LogP contribution in [0.3, 0.4) is 0 Å². The van der Waals surface area contributed by atoms with Crippen molar-refractivity contribution >= 4 is 5.78 Å². The van der Waals surface area contributed by atoms with Crippen molar-refractivity contribution in [1.82, 2.24) is 0 Å². The summed E-state index contributed by atoms with van der Waals surface area (Å²) in [6, 6.07) is 2.56. The quantitative estimate of drug-likeness (QED) is 0.726. The third-order valence-corrected chi connectivity index (χ3v) is 4.30. The van der Waals surface area contributed by atoms with Crippen LogP contribution in [0, 0.1) is 30.4 Å². The highest BCUT2D eigenvalue weighted by atomic mass is 19.1. The lowest BCUT2D eigenvalue weighted by Crippen LogP contribution is -2.28. The van der Waals surface area contributed by atoms with Crippen LogP contribution in [0.2, 0.25) is 0 Å².